The molecule has 25 heavy (non-hydrogen) atoms. The van der Waals surface area contributed by atoms with E-state index < -0.39 is 0 Å². The van der Waals surface area contributed by atoms with Crippen LogP contribution in [0.25, 0.3) is 33.7 Å². The van der Waals surface area contributed by atoms with Gasteiger partial charge in [-0.25, -0.2) is 9.97 Å². The van der Waals surface area contributed by atoms with Crippen molar-refractivity contribution >= 4 is 17.1 Å². The molecule has 0 aliphatic heterocycles. The molecule has 0 fully saturated rings. The number of rotatable bonds is 3. The van der Waals surface area contributed by atoms with Gasteiger partial charge in [-0.15, -0.1) is 0 Å². The van der Waals surface area contributed by atoms with Crippen LogP contribution in [-0.4, -0.2) is 24.5 Å². The number of pyridine rings is 1. The zero-order valence-electron chi connectivity index (χ0n) is 13.7. The minimum Gasteiger partial charge on any atom is -0.368 e. The summed E-state index contributed by atoms with van der Waals surface area (Å²) in [5, 5.41) is 0. The van der Waals surface area contributed by atoms with E-state index in [1.807, 2.05) is 48.1 Å². The summed E-state index contributed by atoms with van der Waals surface area (Å²) < 4.78 is 1.92. The molecule has 0 amide bonds. The average Bonchev–Trinajstić information content (AvgIpc) is 2.98. The molecule has 4 aromatic rings. The van der Waals surface area contributed by atoms with Gasteiger partial charge in [-0.3, -0.25) is 4.98 Å². The van der Waals surface area contributed by atoms with Gasteiger partial charge in [0.25, 0.3) is 0 Å². The summed E-state index contributed by atoms with van der Waals surface area (Å²) in [6.45, 7) is 0.519. The summed E-state index contributed by atoms with van der Waals surface area (Å²) in [6, 6.07) is 10.1. The molecule has 0 saturated carbocycles. The molecule has 0 saturated heterocycles. The van der Waals surface area contributed by atoms with Gasteiger partial charge in [0.2, 0.25) is 5.95 Å². The number of imidazole rings is 1. The second-order valence-corrected chi connectivity index (χ2v) is 5.75. The lowest BCUT2D eigenvalue weighted by Gasteiger charge is -2.10. The molecule has 124 valence electrons. The van der Waals surface area contributed by atoms with E-state index in [4.69, 9.17) is 11.5 Å². The lowest BCUT2D eigenvalue weighted by Crippen LogP contribution is -1.99. The summed E-state index contributed by atoms with van der Waals surface area (Å²) in [7, 11) is 1.92. The maximum Gasteiger partial charge on any atom is 0.222 e. The number of aromatic nitrogens is 5. The van der Waals surface area contributed by atoms with Crippen LogP contribution in [0.1, 0.15) is 5.56 Å². The topological polar surface area (TPSA) is 109 Å². The molecule has 4 rings (SSSR count). The van der Waals surface area contributed by atoms with Gasteiger partial charge in [-0.2, -0.15) is 4.98 Å². The lowest BCUT2D eigenvalue weighted by molar-refractivity contribution is 0.940. The molecule has 0 bridgehead atoms. The third kappa shape index (κ3) is 2.60. The quantitative estimate of drug-likeness (QED) is 0.595. The molecule has 0 unspecified atom stereocenters. The fraction of sp³-hybridized carbons (Fsp3) is 0.111. The van der Waals surface area contributed by atoms with Crippen molar-refractivity contribution in [1.29, 1.82) is 0 Å². The molecule has 0 radical (unpaired) electrons. The Kier molecular flexibility index (Phi) is 3.62. The second-order valence-electron chi connectivity index (χ2n) is 5.75. The zero-order chi connectivity index (χ0) is 17.4. The third-order valence-corrected chi connectivity index (χ3v) is 4.19. The van der Waals surface area contributed by atoms with Gasteiger partial charge in [0, 0.05) is 37.1 Å². The molecular weight excluding hydrogens is 314 g/mol. The van der Waals surface area contributed by atoms with Crippen LogP contribution in [0, 0.1) is 0 Å². The van der Waals surface area contributed by atoms with Gasteiger partial charge in [0.1, 0.15) is 11.3 Å². The standard InChI is InChI=1S/C18H17N7/c1-25-16(23-15-10-22-18(20)24-17(15)25)13-6-7-21-9-14(13)12-4-2-11(8-19)3-5-12/h2-7,9-10H,8,19H2,1H3,(H2,20,22,24). The number of anilines is 1. The van der Waals surface area contributed by atoms with Gasteiger partial charge in [-0.1, -0.05) is 24.3 Å². The Morgan fingerprint density at radius 3 is 2.56 bits per heavy atom. The van der Waals surface area contributed by atoms with Gasteiger partial charge >= 0.3 is 0 Å². The predicted molar refractivity (Wildman–Crippen MR) is 97.3 cm³/mol. The average molecular weight is 331 g/mol. The Balaban J connectivity index is 1.90. The van der Waals surface area contributed by atoms with E-state index in [1.54, 1.807) is 12.4 Å². The number of aryl methyl sites for hydroxylation is 1. The molecule has 0 atom stereocenters. The molecule has 1 aromatic carbocycles. The van der Waals surface area contributed by atoms with Gasteiger partial charge < -0.3 is 16.0 Å². The first-order valence-electron chi connectivity index (χ1n) is 7.86. The number of fused-ring (bicyclic) bond motifs is 1. The summed E-state index contributed by atoms with van der Waals surface area (Å²) in [5.41, 5.74) is 16.9. The van der Waals surface area contributed by atoms with Crippen LogP contribution in [0.2, 0.25) is 0 Å². The van der Waals surface area contributed by atoms with E-state index in [1.165, 1.54) is 0 Å². The normalized spacial score (nSPS) is 11.1. The monoisotopic (exact) mass is 331 g/mol. The maximum absolute atomic E-state index is 5.71. The molecule has 0 aliphatic rings. The first-order chi connectivity index (χ1) is 12.2. The molecular formula is C18H17N7. The minimum atomic E-state index is 0.231. The van der Waals surface area contributed by atoms with Gasteiger partial charge in [-0.05, 0) is 17.2 Å². The smallest absolute Gasteiger partial charge is 0.222 e. The number of nitrogen functional groups attached to an aromatic ring is 1. The Labute approximate surface area is 144 Å². The van der Waals surface area contributed by atoms with Crippen molar-refractivity contribution in [2.24, 2.45) is 12.8 Å². The summed E-state index contributed by atoms with van der Waals surface area (Å²) in [6.07, 6.45) is 5.23. The Hall–Kier alpha value is -3.32. The van der Waals surface area contributed by atoms with E-state index in [0.29, 0.717) is 17.7 Å². The van der Waals surface area contributed by atoms with Crippen molar-refractivity contribution in [3.63, 3.8) is 0 Å². The van der Waals surface area contributed by atoms with E-state index in [0.717, 1.165) is 28.1 Å². The van der Waals surface area contributed by atoms with Crippen LogP contribution >= 0.6 is 0 Å². The Bertz CT molecular complexity index is 1050. The van der Waals surface area contributed by atoms with Crippen molar-refractivity contribution < 1.29 is 0 Å². The van der Waals surface area contributed by atoms with Gasteiger partial charge in [0.05, 0.1) is 6.20 Å². The molecule has 3 aromatic heterocycles. The summed E-state index contributed by atoms with van der Waals surface area (Å²) in [4.78, 5) is 17.3. The highest BCUT2D eigenvalue weighted by molar-refractivity contribution is 5.84. The highest BCUT2D eigenvalue weighted by Crippen LogP contribution is 2.32. The first kappa shape index (κ1) is 15.2. The Morgan fingerprint density at radius 2 is 1.80 bits per heavy atom. The third-order valence-electron chi connectivity index (χ3n) is 4.19. The van der Waals surface area contributed by atoms with E-state index in [-0.39, 0.29) is 5.95 Å². The van der Waals surface area contributed by atoms with Crippen molar-refractivity contribution in [2.75, 3.05) is 5.73 Å². The van der Waals surface area contributed by atoms with Crippen molar-refractivity contribution in [2.45, 2.75) is 6.54 Å². The Morgan fingerprint density at radius 1 is 1.00 bits per heavy atom. The molecule has 7 heteroatoms. The molecule has 0 spiro atoms. The highest BCUT2D eigenvalue weighted by atomic mass is 15.1. The van der Waals surface area contributed by atoms with Crippen LogP contribution in [0.5, 0.6) is 0 Å². The van der Waals surface area contributed by atoms with Crippen molar-refractivity contribution in [1.82, 2.24) is 24.5 Å². The highest BCUT2D eigenvalue weighted by Gasteiger charge is 2.16. The summed E-state index contributed by atoms with van der Waals surface area (Å²) >= 11 is 0. The van der Waals surface area contributed by atoms with Crippen molar-refractivity contribution in [3.05, 3.63) is 54.5 Å². The van der Waals surface area contributed by atoms with E-state index in [9.17, 15) is 0 Å². The first-order valence-corrected chi connectivity index (χ1v) is 7.86. The number of hydrogen-bond donors (Lipinski definition) is 2. The predicted octanol–water partition coefficient (Wildman–Crippen LogP) is 2.13. The maximum atomic E-state index is 5.71. The van der Waals surface area contributed by atoms with Crippen LogP contribution < -0.4 is 11.5 Å². The molecule has 0 aliphatic carbocycles. The van der Waals surface area contributed by atoms with Crippen LogP contribution in [-0.2, 0) is 13.6 Å². The molecule has 3 heterocycles. The van der Waals surface area contributed by atoms with E-state index in [2.05, 4.69) is 19.9 Å². The fourth-order valence-electron chi connectivity index (χ4n) is 2.88. The number of nitrogens with zero attached hydrogens (tertiary/aromatic N) is 5. The van der Waals surface area contributed by atoms with E-state index >= 15 is 0 Å². The lowest BCUT2D eigenvalue weighted by atomic mass is 10.0. The number of hydrogen-bond acceptors (Lipinski definition) is 6. The van der Waals surface area contributed by atoms with Crippen LogP contribution in [0.4, 0.5) is 5.95 Å². The fourth-order valence-corrected chi connectivity index (χ4v) is 2.88. The zero-order valence-corrected chi connectivity index (χ0v) is 13.7. The number of benzene rings is 1. The largest absolute Gasteiger partial charge is 0.368 e. The van der Waals surface area contributed by atoms with Crippen LogP contribution in [0.15, 0.2) is 48.9 Å². The second kappa shape index (κ2) is 5.95. The molecule has 4 N–H and O–H groups in total. The molecule has 7 nitrogen and oxygen atoms in total. The van der Waals surface area contributed by atoms with Gasteiger partial charge in [0.15, 0.2) is 5.65 Å². The minimum absolute atomic E-state index is 0.231. The SMILES string of the molecule is Cn1c(-c2ccncc2-c2ccc(CN)cc2)nc2cnc(N)nc21. The van der Waals surface area contributed by atoms with Crippen LogP contribution in [0.3, 0.4) is 0 Å². The summed E-state index contributed by atoms with van der Waals surface area (Å²) in [5.74, 6) is 1.02. The van der Waals surface area contributed by atoms with Crippen molar-refractivity contribution in [3.8, 4) is 22.5 Å². The number of nitrogens with two attached hydrogens (primary N) is 2.